The number of hydrogen-bond acceptors (Lipinski definition) is 7. The Morgan fingerprint density at radius 3 is 2.90 bits per heavy atom. The highest BCUT2D eigenvalue weighted by Gasteiger charge is 2.16. The molecule has 156 valence electrons. The van der Waals surface area contributed by atoms with Crippen molar-refractivity contribution in [3.05, 3.63) is 30.7 Å². The lowest BCUT2D eigenvalue weighted by Gasteiger charge is -2.15. The van der Waals surface area contributed by atoms with Crippen LogP contribution in [0.2, 0.25) is 0 Å². The normalized spacial score (nSPS) is 14.0. The van der Waals surface area contributed by atoms with Gasteiger partial charge in [0, 0.05) is 17.8 Å². The molecule has 0 saturated heterocycles. The zero-order chi connectivity index (χ0) is 20.9. The van der Waals surface area contributed by atoms with E-state index in [0.717, 1.165) is 18.4 Å². The molecule has 0 unspecified atom stereocenters. The second-order valence-electron chi connectivity index (χ2n) is 7.11. The predicted molar refractivity (Wildman–Crippen MR) is 117 cm³/mol. The molecular formula is C20H23N7O2S. The van der Waals surface area contributed by atoms with E-state index in [1.165, 1.54) is 17.5 Å². The molecule has 3 aromatic rings. The highest BCUT2D eigenvalue weighted by Crippen LogP contribution is 2.20. The summed E-state index contributed by atoms with van der Waals surface area (Å²) in [6.45, 7) is 2.15. The number of carbonyl (C=O) groups is 1. The fraction of sp³-hybridized carbons (Fsp3) is 0.400. The van der Waals surface area contributed by atoms with Crippen LogP contribution < -0.4 is 10.6 Å². The first-order valence-corrected chi connectivity index (χ1v) is 10.4. The van der Waals surface area contributed by atoms with Gasteiger partial charge in [-0.25, -0.2) is 9.97 Å². The molecule has 0 amide bonds. The Kier molecular flexibility index (Phi) is 6.12. The van der Waals surface area contributed by atoms with Gasteiger partial charge in [0.25, 0.3) is 0 Å². The van der Waals surface area contributed by atoms with Gasteiger partial charge in [-0.3, -0.25) is 14.5 Å². The molecule has 4 rings (SSSR count). The Labute approximate surface area is 179 Å². The number of hydrogen-bond donors (Lipinski definition) is 2. The van der Waals surface area contributed by atoms with Crippen LogP contribution in [0.25, 0.3) is 22.4 Å². The quantitative estimate of drug-likeness (QED) is 0.455. The second-order valence-corrected chi connectivity index (χ2v) is 7.51. The Bertz CT molecular complexity index is 1060. The Balaban J connectivity index is 1.48. The monoisotopic (exact) mass is 425 g/mol. The van der Waals surface area contributed by atoms with Crippen molar-refractivity contribution in [1.82, 2.24) is 30.0 Å². The lowest BCUT2D eigenvalue weighted by Crippen LogP contribution is -2.36. The minimum atomic E-state index is -0.337. The minimum Gasteiger partial charge on any atom is -0.465 e. The molecule has 1 aliphatic carbocycles. The molecule has 0 aromatic carbocycles. The molecule has 2 N–H and O–H groups in total. The van der Waals surface area contributed by atoms with Crippen LogP contribution in [0.1, 0.15) is 32.6 Å². The van der Waals surface area contributed by atoms with Gasteiger partial charge in [-0.1, -0.05) is 12.8 Å². The third-order valence-electron chi connectivity index (χ3n) is 4.86. The highest BCUT2D eigenvalue weighted by atomic mass is 32.1. The largest absolute Gasteiger partial charge is 0.465 e. The van der Waals surface area contributed by atoms with Crippen molar-refractivity contribution in [3.8, 4) is 11.3 Å². The molecule has 3 aromatic heterocycles. The summed E-state index contributed by atoms with van der Waals surface area (Å²) < 4.78 is 6.46. The van der Waals surface area contributed by atoms with Gasteiger partial charge in [0.15, 0.2) is 10.8 Å². The molecule has 3 heterocycles. The SMILES string of the molecule is CCOC(=O)Cn1cc(-c2cnc3ccc(NC(=S)NC4CCCC4)nc3n2)cn1. The Hall–Kier alpha value is -3.14. The van der Waals surface area contributed by atoms with Gasteiger partial charge in [-0.2, -0.15) is 5.10 Å². The first-order chi connectivity index (χ1) is 14.6. The number of nitrogens with one attached hydrogen (secondary N) is 2. The van der Waals surface area contributed by atoms with Gasteiger partial charge in [-0.15, -0.1) is 0 Å². The molecule has 0 bridgehead atoms. The lowest BCUT2D eigenvalue weighted by molar-refractivity contribution is -0.144. The van der Waals surface area contributed by atoms with Crippen molar-refractivity contribution in [2.24, 2.45) is 0 Å². The molecule has 0 radical (unpaired) electrons. The fourth-order valence-electron chi connectivity index (χ4n) is 3.44. The van der Waals surface area contributed by atoms with Crippen molar-refractivity contribution in [2.45, 2.75) is 45.2 Å². The van der Waals surface area contributed by atoms with Crippen molar-refractivity contribution >= 4 is 40.3 Å². The zero-order valence-corrected chi connectivity index (χ0v) is 17.5. The summed E-state index contributed by atoms with van der Waals surface area (Å²) in [5.41, 5.74) is 2.54. The summed E-state index contributed by atoms with van der Waals surface area (Å²) in [6.07, 6.45) is 9.80. The van der Waals surface area contributed by atoms with E-state index in [-0.39, 0.29) is 12.5 Å². The maximum absolute atomic E-state index is 11.6. The summed E-state index contributed by atoms with van der Waals surface area (Å²) in [5.74, 6) is 0.277. The van der Waals surface area contributed by atoms with Crippen molar-refractivity contribution in [3.63, 3.8) is 0 Å². The molecule has 0 aliphatic heterocycles. The first kappa shape index (κ1) is 20.1. The van der Waals surface area contributed by atoms with Gasteiger partial charge < -0.3 is 15.4 Å². The van der Waals surface area contributed by atoms with Crippen LogP contribution in [0.4, 0.5) is 5.82 Å². The van der Waals surface area contributed by atoms with E-state index in [1.54, 1.807) is 25.5 Å². The highest BCUT2D eigenvalue weighted by molar-refractivity contribution is 7.80. The molecule has 0 spiro atoms. The van der Waals surface area contributed by atoms with Crippen LogP contribution in [0.3, 0.4) is 0 Å². The molecule has 1 fully saturated rings. The summed E-state index contributed by atoms with van der Waals surface area (Å²) in [6, 6.07) is 4.11. The lowest BCUT2D eigenvalue weighted by atomic mass is 10.2. The third kappa shape index (κ3) is 4.88. The van der Waals surface area contributed by atoms with E-state index in [1.807, 2.05) is 12.1 Å². The number of carbonyl (C=O) groups excluding carboxylic acids is 1. The minimum absolute atomic E-state index is 0.0482. The maximum Gasteiger partial charge on any atom is 0.327 e. The molecule has 1 saturated carbocycles. The first-order valence-electron chi connectivity index (χ1n) is 10.0. The number of fused-ring (bicyclic) bond motifs is 1. The molecular weight excluding hydrogens is 402 g/mol. The molecule has 9 nitrogen and oxygen atoms in total. The number of thiocarbonyl (C=S) groups is 1. The van der Waals surface area contributed by atoms with E-state index in [0.29, 0.717) is 40.4 Å². The predicted octanol–water partition coefficient (Wildman–Crippen LogP) is 2.68. The zero-order valence-electron chi connectivity index (χ0n) is 16.7. The summed E-state index contributed by atoms with van der Waals surface area (Å²) in [7, 11) is 0. The van der Waals surface area contributed by atoms with E-state index in [9.17, 15) is 4.79 Å². The van der Waals surface area contributed by atoms with Crippen LogP contribution >= 0.6 is 12.2 Å². The van der Waals surface area contributed by atoms with Crippen LogP contribution in [-0.2, 0) is 16.1 Å². The Morgan fingerprint density at radius 2 is 2.10 bits per heavy atom. The topological polar surface area (TPSA) is 107 Å². The van der Waals surface area contributed by atoms with Crippen molar-refractivity contribution in [1.29, 1.82) is 0 Å². The third-order valence-corrected chi connectivity index (χ3v) is 5.08. The number of anilines is 1. The average Bonchev–Trinajstić information content (AvgIpc) is 3.40. The van der Waals surface area contributed by atoms with E-state index in [2.05, 4.69) is 30.7 Å². The molecule has 30 heavy (non-hydrogen) atoms. The number of rotatable bonds is 6. The van der Waals surface area contributed by atoms with Crippen LogP contribution in [0, 0.1) is 0 Å². The second kappa shape index (κ2) is 9.12. The van der Waals surface area contributed by atoms with E-state index in [4.69, 9.17) is 17.0 Å². The summed E-state index contributed by atoms with van der Waals surface area (Å²) >= 11 is 5.41. The van der Waals surface area contributed by atoms with Gasteiger partial charge in [0.2, 0.25) is 0 Å². The average molecular weight is 426 g/mol. The summed E-state index contributed by atoms with van der Waals surface area (Å²) in [4.78, 5) is 25.2. The molecule has 0 atom stereocenters. The van der Waals surface area contributed by atoms with Gasteiger partial charge >= 0.3 is 5.97 Å². The number of esters is 1. The fourth-order valence-corrected chi connectivity index (χ4v) is 3.71. The van der Waals surface area contributed by atoms with Crippen molar-refractivity contribution < 1.29 is 9.53 Å². The van der Waals surface area contributed by atoms with Gasteiger partial charge in [0.05, 0.1) is 24.7 Å². The van der Waals surface area contributed by atoms with Crippen molar-refractivity contribution in [2.75, 3.05) is 11.9 Å². The van der Waals surface area contributed by atoms with E-state index < -0.39 is 0 Å². The Morgan fingerprint density at radius 1 is 1.27 bits per heavy atom. The standard InChI is InChI=1S/C20H23N7O2S/c1-2-29-18(28)12-27-11-13(9-22-27)16-10-21-15-7-8-17(25-19(15)24-16)26-20(30)23-14-5-3-4-6-14/h7-11,14H,2-6,12H2,1H3,(H2,23,24,25,26,30). The smallest absolute Gasteiger partial charge is 0.327 e. The van der Waals surface area contributed by atoms with E-state index >= 15 is 0 Å². The maximum atomic E-state index is 11.6. The number of aromatic nitrogens is 5. The van der Waals surface area contributed by atoms with Gasteiger partial charge in [0.1, 0.15) is 17.9 Å². The number of ether oxygens (including phenoxy) is 1. The summed E-state index contributed by atoms with van der Waals surface area (Å²) in [5, 5.41) is 11.2. The van der Waals surface area contributed by atoms with Gasteiger partial charge in [-0.05, 0) is 44.1 Å². The number of nitrogens with zero attached hydrogens (tertiary/aromatic N) is 5. The van der Waals surface area contributed by atoms with Crippen LogP contribution in [-0.4, -0.2) is 48.5 Å². The molecule has 1 aliphatic rings. The number of pyridine rings is 1. The van der Waals surface area contributed by atoms with Crippen LogP contribution in [0.5, 0.6) is 0 Å². The molecule has 10 heteroatoms. The van der Waals surface area contributed by atoms with Crippen LogP contribution in [0.15, 0.2) is 30.7 Å².